The van der Waals surface area contributed by atoms with Crippen LogP contribution in [0.25, 0.3) is 0 Å². The first-order valence-corrected chi connectivity index (χ1v) is 6.87. The van der Waals surface area contributed by atoms with Crippen molar-refractivity contribution in [3.63, 3.8) is 0 Å². The van der Waals surface area contributed by atoms with Crippen LogP contribution in [0.2, 0.25) is 5.02 Å². The minimum Gasteiger partial charge on any atom is -0.399 e. The Morgan fingerprint density at radius 2 is 2.37 bits per heavy atom. The zero-order chi connectivity index (χ0) is 13.8. The van der Waals surface area contributed by atoms with Crippen LogP contribution in [0, 0.1) is 0 Å². The monoisotopic (exact) mass is 296 g/mol. The third-order valence-electron chi connectivity index (χ3n) is 2.32. The van der Waals surface area contributed by atoms with Gasteiger partial charge in [0, 0.05) is 23.8 Å². The number of anilines is 2. The number of aryl methyl sites for hydroxylation is 1. The number of amides is 1. The lowest BCUT2D eigenvalue weighted by molar-refractivity contribution is -0.113. The van der Waals surface area contributed by atoms with Crippen LogP contribution in [-0.2, 0) is 11.8 Å². The van der Waals surface area contributed by atoms with Crippen LogP contribution < -0.4 is 11.1 Å². The molecule has 0 radical (unpaired) electrons. The summed E-state index contributed by atoms with van der Waals surface area (Å²) in [6, 6.07) is 4.98. The Morgan fingerprint density at radius 3 is 3.00 bits per heavy atom. The SMILES string of the molecule is Cn1cc(SCC(=O)Nc2ccc(N)cc2Cl)cn1. The fourth-order valence-electron chi connectivity index (χ4n) is 1.44. The van der Waals surface area contributed by atoms with E-state index in [-0.39, 0.29) is 5.91 Å². The minimum absolute atomic E-state index is 0.125. The highest BCUT2D eigenvalue weighted by atomic mass is 35.5. The van der Waals surface area contributed by atoms with E-state index >= 15 is 0 Å². The van der Waals surface area contributed by atoms with Crippen molar-refractivity contribution in [2.24, 2.45) is 7.05 Å². The van der Waals surface area contributed by atoms with Gasteiger partial charge in [-0.2, -0.15) is 5.10 Å². The molecule has 0 fully saturated rings. The molecule has 0 saturated heterocycles. The molecular weight excluding hydrogens is 284 g/mol. The number of rotatable bonds is 4. The van der Waals surface area contributed by atoms with Gasteiger partial charge in [-0.1, -0.05) is 11.6 Å². The summed E-state index contributed by atoms with van der Waals surface area (Å²) < 4.78 is 1.69. The maximum atomic E-state index is 11.8. The van der Waals surface area contributed by atoms with E-state index in [1.54, 1.807) is 29.1 Å². The average Bonchev–Trinajstić information content (AvgIpc) is 2.76. The highest BCUT2D eigenvalue weighted by Crippen LogP contribution is 2.24. The third-order valence-corrected chi connectivity index (χ3v) is 3.58. The number of aromatic nitrogens is 2. The number of carbonyl (C=O) groups is 1. The number of benzene rings is 1. The first kappa shape index (κ1) is 13.8. The summed E-state index contributed by atoms with van der Waals surface area (Å²) in [4.78, 5) is 12.7. The molecule has 1 heterocycles. The van der Waals surface area contributed by atoms with Gasteiger partial charge in [0.05, 0.1) is 22.7 Å². The molecule has 0 aliphatic rings. The van der Waals surface area contributed by atoms with Crippen LogP contribution in [0.1, 0.15) is 0 Å². The molecule has 0 aliphatic carbocycles. The first-order valence-electron chi connectivity index (χ1n) is 5.51. The molecule has 0 unspecified atom stereocenters. The van der Waals surface area contributed by atoms with Gasteiger partial charge in [-0.3, -0.25) is 9.48 Å². The number of hydrogen-bond acceptors (Lipinski definition) is 4. The number of nitrogen functional groups attached to an aromatic ring is 1. The Morgan fingerprint density at radius 1 is 1.58 bits per heavy atom. The van der Waals surface area contributed by atoms with Gasteiger partial charge in [-0.05, 0) is 18.2 Å². The average molecular weight is 297 g/mol. The molecule has 2 aromatic rings. The Balaban J connectivity index is 1.90. The maximum absolute atomic E-state index is 11.8. The van der Waals surface area contributed by atoms with E-state index in [0.29, 0.717) is 22.2 Å². The fraction of sp³-hybridized carbons (Fsp3) is 0.167. The summed E-state index contributed by atoms with van der Waals surface area (Å²) in [5.41, 5.74) is 6.71. The first-order chi connectivity index (χ1) is 9.04. The molecule has 0 bridgehead atoms. The molecule has 0 aliphatic heterocycles. The van der Waals surface area contributed by atoms with E-state index < -0.39 is 0 Å². The van der Waals surface area contributed by atoms with Gasteiger partial charge in [0.1, 0.15) is 0 Å². The molecular formula is C12H13ClN4OS. The second-order valence-electron chi connectivity index (χ2n) is 3.93. The molecule has 0 atom stereocenters. The summed E-state index contributed by atoms with van der Waals surface area (Å²) in [5.74, 6) is 0.174. The fourth-order valence-corrected chi connectivity index (χ4v) is 2.40. The molecule has 19 heavy (non-hydrogen) atoms. The van der Waals surface area contributed by atoms with Crippen molar-refractivity contribution in [3.05, 3.63) is 35.6 Å². The second-order valence-corrected chi connectivity index (χ2v) is 5.38. The molecule has 2 rings (SSSR count). The minimum atomic E-state index is -0.125. The number of halogens is 1. The number of nitrogens with zero attached hydrogens (tertiary/aromatic N) is 2. The number of hydrogen-bond donors (Lipinski definition) is 2. The Labute approximate surface area is 120 Å². The molecule has 1 amide bonds. The molecule has 0 spiro atoms. The van der Waals surface area contributed by atoms with Gasteiger partial charge in [0.15, 0.2) is 0 Å². The van der Waals surface area contributed by atoms with Gasteiger partial charge in [-0.25, -0.2) is 0 Å². The second kappa shape index (κ2) is 5.99. The van der Waals surface area contributed by atoms with Crippen molar-refractivity contribution in [3.8, 4) is 0 Å². The molecule has 1 aromatic heterocycles. The zero-order valence-corrected chi connectivity index (χ0v) is 11.8. The predicted molar refractivity (Wildman–Crippen MR) is 78.4 cm³/mol. The highest BCUT2D eigenvalue weighted by molar-refractivity contribution is 8.00. The van der Waals surface area contributed by atoms with Crippen LogP contribution in [0.3, 0.4) is 0 Å². The van der Waals surface area contributed by atoms with Crippen LogP contribution in [0.5, 0.6) is 0 Å². The van der Waals surface area contributed by atoms with E-state index in [2.05, 4.69) is 10.4 Å². The van der Waals surface area contributed by atoms with E-state index in [9.17, 15) is 4.79 Å². The summed E-state index contributed by atoms with van der Waals surface area (Å²) in [7, 11) is 1.83. The Bertz CT molecular complexity index is 599. The molecule has 0 saturated carbocycles. The van der Waals surface area contributed by atoms with Gasteiger partial charge in [0.25, 0.3) is 0 Å². The normalized spacial score (nSPS) is 10.4. The van der Waals surface area contributed by atoms with Crippen LogP contribution in [-0.4, -0.2) is 21.4 Å². The van der Waals surface area contributed by atoms with Crippen LogP contribution in [0.15, 0.2) is 35.5 Å². The topological polar surface area (TPSA) is 72.9 Å². The summed E-state index contributed by atoms with van der Waals surface area (Å²) >= 11 is 7.39. The van der Waals surface area contributed by atoms with Gasteiger partial charge < -0.3 is 11.1 Å². The summed E-state index contributed by atoms with van der Waals surface area (Å²) in [6.45, 7) is 0. The molecule has 5 nitrogen and oxygen atoms in total. The third kappa shape index (κ3) is 3.90. The van der Waals surface area contributed by atoms with Crippen molar-refractivity contribution in [1.29, 1.82) is 0 Å². The lowest BCUT2D eigenvalue weighted by atomic mass is 10.3. The van der Waals surface area contributed by atoms with Crippen molar-refractivity contribution in [2.75, 3.05) is 16.8 Å². The number of thioether (sulfide) groups is 1. The predicted octanol–water partition coefficient (Wildman–Crippen LogP) is 2.39. The number of carbonyl (C=O) groups excluding carboxylic acids is 1. The van der Waals surface area contributed by atoms with Crippen LogP contribution in [0.4, 0.5) is 11.4 Å². The maximum Gasteiger partial charge on any atom is 0.234 e. The number of nitrogens with two attached hydrogens (primary N) is 1. The number of nitrogens with one attached hydrogen (secondary N) is 1. The molecule has 1 aromatic carbocycles. The largest absolute Gasteiger partial charge is 0.399 e. The summed E-state index contributed by atoms with van der Waals surface area (Å²) in [5, 5.41) is 7.20. The van der Waals surface area contributed by atoms with Crippen molar-refractivity contribution >= 4 is 40.6 Å². The van der Waals surface area contributed by atoms with E-state index in [4.69, 9.17) is 17.3 Å². The van der Waals surface area contributed by atoms with Crippen molar-refractivity contribution in [2.45, 2.75) is 4.90 Å². The smallest absolute Gasteiger partial charge is 0.234 e. The lowest BCUT2D eigenvalue weighted by Crippen LogP contribution is -2.14. The van der Waals surface area contributed by atoms with E-state index in [1.807, 2.05) is 13.2 Å². The van der Waals surface area contributed by atoms with Crippen LogP contribution >= 0.6 is 23.4 Å². The van der Waals surface area contributed by atoms with E-state index in [1.165, 1.54) is 11.8 Å². The Hall–Kier alpha value is -1.66. The van der Waals surface area contributed by atoms with Crippen molar-refractivity contribution in [1.82, 2.24) is 9.78 Å². The lowest BCUT2D eigenvalue weighted by Gasteiger charge is -2.07. The molecule has 100 valence electrons. The zero-order valence-electron chi connectivity index (χ0n) is 10.3. The van der Waals surface area contributed by atoms with Gasteiger partial charge in [0.2, 0.25) is 5.91 Å². The van der Waals surface area contributed by atoms with Gasteiger partial charge >= 0.3 is 0 Å². The van der Waals surface area contributed by atoms with E-state index in [0.717, 1.165) is 4.90 Å². The quantitative estimate of drug-likeness (QED) is 0.671. The molecule has 7 heteroatoms. The van der Waals surface area contributed by atoms with Crippen molar-refractivity contribution < 1.29 is 4.79 Å². The van der Waals surface area contributed by atoms with Gasteiger partial charge in [-0.15, -0.1) is 11.8 Å². The highest BCUT2D eigenvalue weighted by Gasteiger charge is 2.07. The summed E-state index contributed by atoms with van der Waals surface area (Å²) in [6.07, 6.45) is 3.57. The standard InChI is InChI=1S/C12H13ClN4OS/c1-17-6-9(5-15-17)19-7-12(18)16-11-3-2-8(14)4-10(11)13/h2-6H,7,14H2,1H3,(H,16,18). The Kier molecular flexibility index (Phi) is 4.34. The molecule has 3 N–H and O–H groups in total.